The molecule has 0 saturated heterocycles. The van der Waals surface area contributed by atoms with Gasteiger partial charge in [0.1, 0.15) is 0 Å². The van der Waals surface area contributed by atoms with Crippen LogP contribution < -0.4 is 5.32 Å². The van der Waals surface area contributed by atoms with Crippen molar-refractivity contribution in [2.45, 2.75) is 0 Å². The van der Waals surface area contributed by atoms with Gasteiger partial charge in [-0.15, -0.1) is 0 Å². The number of halogens is 2. The van der Waals surface area contributed by atoms with Crippen LogP contribution in [0.4, 0.5) is 11.4 Å². The lowest BCUT2D eigenvalue weighted by Crippen LogP contribution is -2.13. The summed E-state index contributed by atoms with van der Waals surface area (Å²) in [6.45, 7) is 0. The van der Waals surface area contributed by atoms with E-state index in [4.69, 9.17) is 11.6 Å². The highest BCUT2D eigenvalue weighted by molar-refractivity contribution is 14.1. The van der Waals surface area contributed by atoms with E-state index in [2.05, 4.69) is 5.32 Å². The van der Waals surface area contributed by atoms with Crippen LogP contribution in [0.1, 0.15) is 10.4 Å². The zero-order valence-corrected chi connectivity index (χ0v) is 12.9. The lowest BCUT2D eigenvalue weighted by Gasteiger charge is -2.08. The third kappa shape index (κ3) is 3.26. The Morgan fingerprint density at radius 1 is 1.25 bits per heavy atom. The number of nitro benzene ring substituents is 1. The second kappa shape index (κ2) is 6.19. The summed E-state index contributed by atoms with van der Waals surface area (Å²) in [6, 6.07) is 10.9. The molecular formula is C13H8ClIN2O3. The van der Waals surface area contributed by atoms with Crippen LogP contribution in [0, 0.1) is 13.7 Å². The highest BCUT2D eigenvalue weighted by Crippen LogP contribution is 2.27. The number of nitrogens with zero attached hydrogens (tertiary/aromatic N) is 1. The predicted octanol–water partition coefficient (Wildman–Crippen LogP) is 4.11. The zero-order valence-electron chi connectivity index (χ0n) is 9.97. The van der Waals surface area contributed by atoms with Crippen LogP contribution in [0.5, 0.6) is 0 Å². The molecular weight excluding hydrogens is 395 g/mol. The fraction of sp³-hybridized carbons (Fsp3) is 0. The third-order valence-corrected chi connectivity index (χ3v) is 3.80. The molecule has 0 aliphatic heterocycles. The number of carbonyl (C=O) groups is 1. The van der Waals surface area contributed by atoms with E-state index >= 15 is 0 Å². The molecule has 1 amide bonds. The molecule has 0 aromatic heterocycles. The summed E-state index contributed by atoms with van der Waals surface area (Å²) in [4.78, 5) is 22.3. The molecule has 0 atom stereocenters. The van der Waals surface area contributed by atoms with Crippen LogP contribution >= 0.6 is 34.2 Å². The van der Waals surface area contributed by atoms with Gasteiger partial charge in [-0.3, -0.25) is 14.9 Å². The summed E-state index contributed by atoms with van der Waals surface area (Å²) in [5.74, 6) is -0.364. The Bertz CT molecular complexity index is 691. The van der Waals surface area contributed by atoms with E-state index < -0.39 is 4.92 Å². The number of nitro groups is 1. The van der Waals surface area contributed by atoms with Crippen LogP contribution in [0.25, 0.3) is 0 Å². The van der Waals surface area contributed by atoms with Crippen molar-refractivity contribution >= 4 is 51.5 Å². The van der Waals surface area contributed by atoms with Crippen molar-refractivity contribution in [2.24, 2.45) is 0 Å². The Morgan fingerprint density at radius 2 is 1.95 bits per heavy atom. The fourth-order valence-corrected chi connectivity index (χ4v) is 2.35. The molecule has 0 unspecified atom stereocenters. The number of hydrogen-bond acceptors (Lipinski definition) is 3. The Labute approximate surface area is 133 Å². The molecule has 2 aromatic rings. The summed E-state index contributed by atoms with van der Waals surface area (Å²) in [5.41, 5.74) is 0.564. The van der Waals surface area contributed by atoms with Gasteiger partial charge >= 0.3 is 0 Å². The molecule has 0 aliphatic carbocycles. The standard InChI is InChI=1S/C13H8ClIN2O3/c14-10-6-5-8(17(19)20)7-12(10)16-13(18)9-3-1-2-4-11(9)15/h1-7H,(H,16,18). The smallest absolute Gasteiger partial charge is 0.271 e. The number of hydrogen-bond donors (Lipinski definition) is 1. The molecule has 102 valence electrons. The molecule has 0 spiro atoms. The average molecular weight is 403 g/mol. The summed E-state index contributed by atoms with van der Waals surface area (Å²) < 4.78 is 0.782. The number of nitrogens with one attached hydrogen (secondary N) is 1. The van der Waals surface area contributed by atoms with E-state index in [-0.39, 0.29) is 22.3 Å². The van der Waals surface area contributed by atoms with E-state index in [1.807, 2.05) is 28.7 Å². The van der Waals surface area contributed by atoms with Crippen molar-refractivity contribution in [3.63, 3.8) is 0 Å². The molecule has 20 heavy (non-hydrogen) atoms. The van der Waals surface area contributed by atoms with E-state index in [0.29, 0.717) is 5.56 Å². The molecule has 5 nitrogen and oxygen atoms in total. The van der Waals surface area contributed by atoms with Crippen LogP contribution in [-0.2, 0) is 0 Å². The second-order valence-corrected chi connectivity index (χ2v) is 5.42. The van der Waals surface area contributed by atoms with Gasteiger partial charge < -0.3 is 5.32 Å². The average Bonchev–Trinajstić information content (AvgIpc) is 2.41. The minimum Gasteiger partial charge on any atom is -0.320 e. The van der Waals surface area contributed by atoms with Crippen LogP contribution in [0.2, 0.25) is 5.02 Å². The fourth-order valence-electron chi connectivity index (χ4n) is 1.56. The van der Waals surface area contributed by atoms with Gasteiger partial charge in [-0.05, 0) is 40.8 Å². The van der Waals surface area contributed by atoms with Gasteiger partial charge in [-0.2, -0.15) is 0 Å². The quantitative estimate of drug-likeness (QED) is 0.477. The molecule has 0 radical (unpaired) electrons. The first-order valence-corrected chi connectivity index (χ1v) is 6.94. The summed E-state index contributed by atoms with van der Waals surface area (Å²) >= 11 is 7.98. The van der Waals surface area contributed by atoms with Crippen molar-refractivity contribution in [3.05, 3.63) is 66.7 Å². The van der Waals surface area contributed by atoms with E-state index in [1.54, 1.807) is 18.2 Å². The third-order valence-electron chi connectivity index (χ3n) is 2.53. The zero-order chi connectivity index (χ0) is 14.7. The van der Waals surface area contributed by atoms with Gasteiger partial charge in [0.15, 0.2) is 0 Å². The maximum Gasteiger partial charge on any atom is 0.271 e. The summed E-state index contributed by atoms with van der Waals surface area (Å²) in [6.07, 6.45) is 0. The van der Waals surface area contributed by atoms with Gasteiger partial charge in [-0.25, -0.2) is 0 Å². The van der Waals surface area contributed by atoms with Crippen molar-refractivity contribution in [2.75, 3.05) is 5.32 Å². The topological polar surface area (TPSA) is 72.2 Å². The number of carbonyl (C=O) groups excluding carboxylic acids is 1. The number of non-ortho nitro benzene ring substituents is 1. The molecule has 0 saturated carbocycles. The minimum atomic E-state index is -0.543. The Kier molecular flexibility index (Phi) is 4.56. The maximum absolute atomic E-state index is 12.1. The molecule has 2 rings (SSSR count). The van der Waals surface area contributed by atoms with Crippen LogP contribution in [-0.4, -0.2) is 10.8 Å². The van der Waals surface area contributed by atoms with Crippen LogP contribution in [0.3, 0.4) is 0 Å². The highest BCUT2D eigenvalue weighted by Gasteiger charge is 2.14. The van der Waals surface area contributed by atoms with Gasteiger partial charge in [0.2, 0.25) is 0 Å². The molecule has 0 bridgehead atoms. The summed E-state index contributed by atoms with van der Waals surface area (Å²) in [7, 11) is 0. The number of rotatable bonds is 3. The molecule has 0 aliphatic rings. The number of benzene rings is 2. The SMILES string of the molecule is O=C(Nc1cc([N+](=O)[O-])ccc1Cl)c1ccccc1I. The second-order valence-electron chi connectivity index (χ2n) is 3.86. The normalized spacial score (nSPS) is 10.1. The first-order chi connectivity index (χ1) is 9.49. The van der Waals surface area contributed by atoms with E-state index in [0.717, 1.165) is 3.57 Å². The van der Waals surface area contributed by atoms with Gasteiger partial charge in [-0.1, -0.05) is 23.7 Å². The van der Waals surface area contributed by atoms with Crippen molar-refractivity contribution in [3.8, 4) is 0 Å². The number of amides is 1. The predicted molar refractivity (Wildman–Crippen MR) is 85.2 cm³/mol. The van der Waals surface area contributed by atoms with Gasteiger partial charge in [0, 0.05) is 15.7 Å². The maximum atomic E-state index is 12.1. The first kappa shape index (κ1) is 14.7. The van der Waals surface area contributed by atoms with Crippen LogP contribution in [0.15, 0.2) is 42.5 Å². The monoisotopic (exact) mass is 402 g/mol. The lowest BCUT2D eigenvalue weighted by atomic mass is 10.2. The highest BCUT2D eigenvalue weighted by atomic mass is 127. The Balaban J connectivity index is 2.30. The van der Waals surface area contributed by atoms with Crippen molar-refractivity contribution < 1.29 is 9.72 Å². The molecule has 1 N–H and O–H groups in total. The van der Waals surface area contributed by atoms with Gasteiger partial charge in [0.05, 0.1) is 21.2 Å². The van der Waals surface area contributed by atoms with E-state index in [1.165, 1.54) is 18.2 Å². The molecule has 2 aromatic carbocycles. The molecule has 0 fully saturated rings. The number of anilines is 1. The Hall–Kier alpha value is -1.67. The van der Waals surface area contributed by atoms with Crippen molar-refractivity contribution in [1.29, 1.82) is 0 Å². The van der Waals surface area contributed by atoms with Gasteiger partial charge in [0.25, 0.3) is 11.6 Å². The minimum absolute atomic E-state index is 0.132. The van der Waals surface area contributed by atoms with Crippen molar-refractivity contribution in [1.82, 2.24) is 0 Å². The largest absolute Gasteiger partial charge is 0.320 e. The first-order valence-electron chi connectivity index (χ1n) is 5.49. The summed E-state index contributed by atoms with van der Waals surface area (Å²) in [5, 5.41) is 13.6. The lowest BCUT2D eigenvalue weighted by molar-refractivity contribution is -0.384. The Morgan fingerprint density at radius 3 is 2.60 bits per heavy atom. The molecule has 7 heteroatoms. The van der Waals surface area contributed by atoms with E-state index in [9.17, 15) is 14.9 Å². The molecule has 0 heterocycles.